The van der Waals surface area contributed by atoms with Crippen LogP contribution in [0, 0.1) is 6.92 Å². The van der Waals surface area contributed by atoms with E-state index in [0.29, 0.717) is 11.3 Å². The summed E-state index contributed by atoms with van der Waals surface area (Å²) in [7, 11) is 0. The number of aryl methyl sites for hydroxylation is 1. The molecule has 0 saturated carbocycles. The zero-order valence-corrected chi connectivity index (χ0v) is 10.4. The normalized spacial score (nSPS) is 11.9. The molecule has 0 bridgehead atoms. The maximum absolute atomic E-state index is 11.0. The first-order valence-corrected chi connectivity index (χ1v) is 5.49. The Morgan fingerprint density at radius 3 is 2.56 bits per heavy atom. The average molecular weight is 251 g/mol. The molecule has 0 radical (unpaired) electrons. The molecule has 0 aliphatic heterocycles. The highest BCUT2D eigenvalue weighted by Crippen LogP contribution is 2.23. The second-order valence-electron chi connectivity index (χ2n) is 4.28. The van der Waals surface area contributed by atoms with Gasteiger partial charge in [-0.05, 0) is 31.5 Å². The summed E-state index contributed by atoms with van der Waals surface area (Å²) in [6.07, 6.45) is 0.172. The van der Waals surface area contributed by atoms with Gasteiger partial charge in [0, 0.05) is 23.8 Å². The molecule has 1 atom stereocenters. The summed E-state index contributed by atoms with van der Waals surface area (Å²) in [5, 5.41) is 12.0. The SMILES string of the molecule is Cc1cc(NC(C)CC(N)=O)cc(C(=O)O)c1N. The summed E-state index contributed by atoms with van der Waals surface area (Å²) in [5.74, 6) is -1.50. The Bertz CT molecular complexity index is 486. The number of carboxylic acid groups (broad SMARTS) is 1. The lowest BCUT2D eigenvalue weighted by atomic mass is 10.1. The van der Waals surface area contributed by atoms with E-state index in [9.17, 15) is 9.59 Å². The maximum atomic E-state index is 11.0. The minimum absolute atomic E-state index is 0.0452. The molecule has 6 nitrogen and oxygen atoms in total. The van der Waals surface area contributed by atoms with Crippen molar-refractivity contribution in [3.8, 4) is 0 Å². The van der Waals surface area contributed by atoms with E-state index in [4.69, 9.17) is 16.6 Å². The number of amides is 1. The fourth-order valence-corrected chi connectivity index (χ4v) is 1.70. The number of aromatic carboxylic acids is 1. The molecular formula is C12H17N3O3. The van der Waals surface area contributed by atoms with Gasteiger partial charge in [-0.25, -0.2) is 4.79 Å². The number of rotatable bonds is 5. The fraction of sp³-hybridized carbons (Fsp3) is 0.333. The van der Waals surface area contributed by atoms with Crippen LogP contribution in [0.5, 0.6) is 0 Å². The number of nitrogens with one attached hydrogen (secondary N) is 1. The second kappa shape index (κ2) is 5.39. The molecule has 1 aromatic carbocycles. The molecule has 0 aliphatic carbocycles. The van der Waals surface area contributed by atoms with E-state index >= 15 is 0 Å². The minimum atomic E-state index is -1.08. The van der Waals surface area contributed by atoms with Crippen molar-refractivity contribution in [3.63, 3.8) is 0 Å². The predicted octanol–water partition coefficient (Wildman–Crippen LogP) is 0.951. The molecule has 0 saturated heterocycles. The highest BCUT2D eigenvalue weighted by atomic mass is 16.4. The highest BCUT2D eigenvalue weighted by Gasteiger charge is 2.13. The lowest BCUT2D eigenvalue weighted by Gasteiger charge is -2.16. The molecule has 0 fully saturated rings. The van der Waals surface area contributed by atoms with Gasteiger partial charge in [0.15, 0.2) is 0 Å². The van der Waals surface area contributed by atoms with Crippen LogP contribution < -0.4 is 16.8 Å². The van der Waals surface area contributed by atoms with Crippen molar-refractivity contribution in [1.29, 1.82) is 0 Å². The maximum Gasteiger partial charge on any atom is 0.337 e. The van der Waals surface area contributed by atoms with Gasteiger partial charge in [0.2, 0.25) is 5.91 Å². The third-order valence-electron chi connectivity index (χ3n) is 2.54. The minimum Gasteiger partial charge on any atom is -0.478 e. The Labute approximate surface area is 105 Å². The summed E-state index contributed by atoms with van der Waals surface area (Å²) >= 11 is 0. The Balaban J connectivity index is 2.97. The average Bonchev–Trinajstić information content (AvgIpc) is 2.21. The number of nitrogen functional groups attached to an aromatic ring is 1. The first-order valence-electron chi connectivity index (χ1n) is 5.49. The van der Waals surface area contributed by atoms with Crippen LogP contribution in [0.3, 0.4) is 0 Å². The van der Waals surface area contributed by atoms with Crippen LogP contribution in [0.1, 0.15) is 29.3 Å². The first-order chi connectivity index (χ1) is 8.31. The first kappa shape index (κ1) is 13.8. The fourth-order valence-electron chi connectivity index (χ4n) is 1.70. The van der Waals surface area contributed by atoms with Gasteiger partial charge in [0.1, 0.15) is 0 Å². The second-order valence-corrected chi connectivity index (χ2v) is 4.28. The van der Waals surface area contributed by atoms with E-state index in [1.165, 1.54) is 6.07 Å². The van der Waals surface area contributed by atoms with Gasteiger partial charge in [-0.1, -0.05) is 0 Å². The quantitative estimate of drug-likeness (QED) is 0.581. The van der Waals surface area contributed by atoms with Crippen LogP contribution in [0.15, 0.2) is 12.1 Å². The summed E-state index contributed by atoms with van der Waals surface area (Å²) in [6.45, 7) is 3.52. The summed E-state index contributed by atoms with van der Waals surface area (Å²) in [5.41, 5.74) is 12.3. The van der Waals surface area contributed by atoms with Crippen LogP contribution in [0.2, 0.25) is 0 Å². The Kier molecular flexibility index (Phi) is 4.14. The zero-order valence-electron chi connectivity index (χ0n) is 10.4. The van der Waals surface area contributed by atoms with Crippen molar-refractivity contribution in [2.45, 2.75) is 26.3 Å². The number of hydrogen-bond donors (Lipinski definition) is 4. The molecule has 18 heavy (non-hydrogen) atoms. The molecule has 0 aliphatic rings. The van der Waals surface area contributed by atoms with Gasteiger partial charge >= 0.3 is 5.97 Å². The summed E-state index contributed by atoms with van der Waals surface area (Å²) in [6, 6.07) is 3.01. The number of carbonyl (C=O) groups excluding carboxylic acids is 1. The van der Waals surface area contributed by atoms with Gasteiger partial charge in [-0.15, -0.1) is 0 Å². The van der Waals surface area contributed by atoms with Gasteiger partial charge in [0.05, 0.1) is 5.56 Å². The van der Waals surface area contributed by atoms with E-state index < -0.39 is 11.9 Å². The number of anilines is 2. The third-order valence-corrected chi connectivity index (χ3v) is 2.54. The van der Waals surface area contributed by atoms with Crippen LogP contribution >= 0.6 is 0 Å². The monoisotopic (exact) mass is 251 g/mol. The molecule has 6 N–H and O–H groups in total. The van der Waals surface area contributed by atoms with E-state index in [1.807, 2.05) is 0 Å². The van der Waals surface area contributed by atoms with E-state index in [0.717, 1.165) is 0 Å². The van der Waals surface area contributed by atoms with Crippen LogP contribution in [-0.4, -0.2) is 23.0 Å². The molecule has 1 unspecified atom stereocenters. The number of hydrogen-bond acceptors (Lipinski definition) is 4. The summed E-state index contributed by atoms with van der Waals surface area (Å²) in [4.78, 5) is 21.8. The number of carbonyl (C=O) groups is 2. The number of carboxylic acids is 1. The topological polar surface area (TPSA) is 118 Å². The molecule has 1 rings (SSSR count). The highest BCUT2D eigenvalue weighted by molar-refractivity contribution is 5.95. The van der Waals surface area contributed by atoms with Crippen LogP contribution in [-0.2, 0) is 4.79 Å². The Hall–Kier alpha value is -2.24. The predicted molar refractivity (Wildman–Crippen MR) is 69.4 cm³/mol. The van der Waals surface area contributed by atoms with Crippen molar-refractivity contribution < 1.29 is 14.7 Å². The molecule has 6 heteroatoms. The van der Waals surface area contributed by atoms with Crippen molar-refractivity contribution >= 4 is 23.3 Å². The molecule has 0 spiro atoms. The number of primary amides is 1. The van der Waals surface area contributed by atoms with Crippen molar-refractivity contribution in [1.82, 2.24) is 0 Å². The van der Waals surface area contributed by atoms with Crippen molar-refractivity contribution in [2.24, 2.45) is 5.73 Å². The Morgan fingerprint density at radius 2 is 2.06 bits per heavy atom. The molecule has 0 aromatic heterocycles. The molecular weight excluding hydrogens is 234 g/mol. The Morgan fingerprint density at radius 1 is 1.44 bits per heavy atom. The lowest BCUT2D eigenvalue weighted by Crippen LogP contribution is -2.24. The van der Waals surface area contributed by atoms with Crippen molar-refractivity contribution in [2.75, 3.05) is 11.1 Å². The van der Waals surface area contributed by atoms with Gasteiger partial charge in [0.25, 0.3) is 0 Å². The van der Waals surface area contributed by atoms with Gasteiger partial charge < -0.3 is 21.9 Å². The lowest BCUT2D eigenvalue weighted by molar-refractivity contribution is -0.118. The number of nitrogens with two attached hydrogens (primary N) is 2. The third kappa shape index (κ3) is 3.38. The van der Waals surface area contributed by atoms with E-state index in [-0.39, 0.29) is 23.7 Å². The molecule has 1 aromatic rings. The van der Waals surface area contributed by atoms with Crippen LogP contribution in [0.25, 0.3) is 0 Å². The van der Waals surface area contributed by atoms with Gasteiger partial charge in [-0.2, -0.15) is 0 Å². The number of benzene rings is 1. The van der Waals surface area contributed by atoms with E-state index in [1.54, 1.807) is 19.9 Å². The van der Waals surface area contributed by atoms with Crippen LogP contribution in [0.4, 0.5) is 11.4 Å². The van der Waals surface area contributed by atoms with Crippen molar-refractivity contribution in [3.05, 3.63) is 23.3 Å². The van der Waals surface area contributed by atoms with Gasteiger partial charge in [-0.3, -0.25) is 4.79 Å². The zero-order chi connectivity index (χ0) is 13.9. The molecule has 98 valence electrons. The summed E-state index contributed by atoms with van der Waals surface area (Å²) < 4.78 is 0. The molecule has 0 heterocycles. The molecule has 1 amide bonds. The smallest absolute Gasteiger partial charge is 0.337 e. The standard InChI is InChI=1S/C12H17N3O3/c1-6-3-8(15-7(2)4-10(13)16)5-9(11(6)14)12(17)18/h3,5,7,15H,4,14H2,1-2H3,(H2,13,16)(H,17,18). The largest absolute Gasteiger partial charge is 0.478 e. The van der Waals surface area contributed by atoms with E-state index in [2.05, 4.69) is 5.32 Å².